The van der Waals surface area contributed by atoms with Gasteiger partial charge in [-0.1, -0.05) is 18.2 Å². The van der Waals surface area contributed by atoms with Crippen molar-refractivity contribution in [1.82, 2.24) is 15.0 Å². The lowest BCUT2D eigenvalue weighted by atomic mass is 9.91. The maximum absolute atomic E-state index is 9.39. The van der Waals surface area contributed by atoms with E-state index in [0.29, 0.717) is 18.4 Å². The van der Waals surface area contributed by atoms with Crippen LogP contribution in [-0.2, 0) is 0 Å². The number of hydrogen-bond donors (Lipinski definition) is 1. The molecule has 28 heavy (non-hydrogen) atoms. The highest BCUT2D eigenvalue weighted by Gasteiger charge is 2.33. The Morgan fingerprint density at radius 1 is 1.00 bits per heavy atom. The van der Waals surface area contributed by atoms with Crippen LogP contribution < -0.4 is 9.80 Å². The van der Waals surface area contributed by atoms with Crippen LogP contribution in [0.15, 0.2) is 48.9 Å². The van der Waals surface area contributed by atoms with Crippen molar-refractivity contribution in [2.45, 2.75) is 18.8 Å². The number of aliphatic hydroxyl groups is 1. The summed E-state index contributed by atoms with van der Waals surface area (Å²) in [7, 11) is 0. The van der Waals surface area contributed by atoms with Gasteiger partial charge in [0.15, 0.2) is 0 Å². The van der Waals surface area contributed by atoms with Crippen molar-refractivity contribution in [3.8, 4) is 0 Å². The standard InChI is InChI=1S/C22H25N5O/c28-14-16-7-9-26(10-8-16)22-19(11-23-15-24-22)18-12-27(13-18)21-6-5-17-3-1-2-4-20(17)25-21/h1-6,11,15-16,18,28H,7-10,12-14H2. The first-order valence-corrected chi connectivity index (χ1v) is 10.1. The van der Waals surface area contributed by atoms with Crippen molar-refractivity contribution in [1.29, 1.82) is 0 Å². The van der Waals surface area contributed by atoms with Crippen LogP contribution in [0.5, 0.6) is 0 Å². The number of aromatic nitrogens is 3. The third-order valence-electron chi connectivity index (χ3n) is 6.12. The summed E-state index contributed by atoms with van der Waals surface area (Å²) < 4.78 is 0. The van der Waals surface area contributed by atoms with Crippen molar-refractivity contribution in [2.24, 2.45) is 5.92 Å². The largest absolute Gasteiger partial charge is 0.396 e. The fourth-order valence-corrected chi connectivity index (χ4v) is 4.31. The molecule has 2 fully saturated rings. The topological polar surface area (TPSA) is 65.4 Å². The maximum Gasteiger partial charge on any atom is 0.135 e. The molecule has 144 valence electrons. The Morgan fingerprint density at radius 2 is 1.82 bits per heavy atom. The van der Waals surface area contributed by atoms with Gasteiger partial charge in [-0.25, -0.2) is 15.0 Å². The van der Waals surface area contributed by atoms with Gasteiger partial charge < -0.3 is 14.9 Å². The van der Waals surface area contributed by atoms with Gasteiger partial charge in [-0.05, 0) is 37.0 Å². The second kappa shape index (κ2) is 7.36. The predicted molar refractivity (Wildman–Crippen MR) is 111 cm³/mol. The molecule has 0 saturated carbocycles. The van der Waals surface area contributed by atoms with E-state index in [1.807, 2.05) is 18.3 Å². The highest BCUT2D eigenvalue weighted by atomic mass is 16.3. The van der Waals surface area contributed by atoms with Crippen LogP contribution in [0.4, 0.5) is 11.6 Å². The van der Waals surface area contributed by atoms with Crippen LogP contribution in [0.1, 0.15) is 24.3 Å². The van der Waals surface area contributed by atoms with E-state index in [0.717, 1.165) is 56.2 Å². The summed E-state index contributed by atoms with van der Waals surface area (Å²) in [5.41, 5.74) is 2.28. The molecule has 1 aromatic carbocycles. The Kier molecular flexibility index (Phi) is 4.56. The number of para-hydroxylation sites is 1. The number of fused-ring (bicyclic) bond motifs is 1. The fourth-order valence-electron chi connectivity index (χ4n) is 4.31. The molecule has 2 saturated heterocycles. The summed E-state index contributed by atoms with van der Waals surface area (Å²) in [6, 6.07) is 12.5. The van der Waals surface area contributed by atoms with Gasteiger partial charge >= 0.3 is 0 Å². The van der Waals surface area contributed by atoms with Gasteiger partial charge in [-0.15, -0.1) is 0 Å². The van der Waals surface area contributed by atoms with Gasteiger partial charge in [0.05, 0.1) is 5.52 Å². The molecular weight excluding hydrogens is 350 g/mol. The van der Waals surface area contributed by atoms with E-state index in [1.165, 1.54) is 10.9 Å². The summed E-state index contributed by atoms with van der Waals surface area (Å²) >= 11 is 0. The Bertz CT molecular complexity index is 964. The lowest BCUT2D eigenvalue weighted by Crippen LogP contribution is -2.46. The molecule has 0 bridgehead atoms. The molecule has 6 nitrogen and oxygen atoms in total. The van der Waals surface area contributed by atoms with Gasteiger partial charge in [0.1, 0.15) is 18.0 Å². The number of anilines is 2. The average molecular weight is 375 g/mol. The molecular formula is C22H25N5O. The van der Waals surface area contributed by atoms with Gasteiger partial charge in [0.2, 0.25) is 0 Å². The highest BCUT2D eigenvalue weighted by Crippen LogP contribution is 2.36. The number of nitrogens with zero attached hydrogens (tertiary/aromatic N) is 5. The molecule has 5 rings (SSSR count). The summed E-state index contributed by atoms with van der Waals surface area (Å²) in [4.78, 5) is 18.4. The van der Waals surface area contributed by atoms with E-state index in [9.17, 15) is 5.11 Å². The van der Waals surface area contributed by atoms with E-state index in [1.54, 1.807) is 6.33 Å². The van der Waals surface area contributed by atoms with E-state index in [-0.39, 0.29) is 0 Å². The van der Waals surface area contributed by atoms with E-state index < -0.39 is 0 Å². The van der Waals surface area contributed by atoms with Crippen molar-refractivity contribution < 1.29 is 5.11 Å². The number of piperidine rings is 1. The van der Waals surface area contributed by atoms with E-state index in [2.05, 4.69) is 44.0 Å². The Balaban J connectivity index is 1.31. The number of hydrogen-bond acceptors (Lipinski definition) is 6. The minimum atomic E-state index is 0.292. The molecule has 1 N–H and O–H groups in total. The first-order valence-electron chi connectivity index (χ1n) is 10.1. The number of benzene rings is 1. The predicted octanol–water partition coefficient (Wildman–Crippen LogP) is 2.84. The number of aliphatic hydroxyl groups excluding tert-OH is 1. The van der Waals surface area contributed by atoms with Crippen molar-refractivity contribution in [3.63, 3.8) is 0 Å². The highest BCUT2D eigenvalue weighted by molar-refractivity contribution is 5.80. The lowest BCUT2D eigenvalue weighted by molar-refractivity contribution is 0.202. The molecule has 0 radical (unpaired) electrons. The molecule has 2 aliphatic heterocycles. The molecule has 4 heterocycles. The van der Waals surface area contributed by atoms with Gasteiger partial charge in [0.25, 0.3) is 0 Å². The van der Waals surface area contributed by atoms with Crippen LogP contribution in [0, 0.1) is 5.92 Å². The molecule has 3 aromatic rings. The Morgan fingerprint density at radius 3 is 2.64 bits per heavy atom. The third-order valence-corrected chi connectivity index (χ3v) is 6.12. The van der Waals surface area contributed by atoms with Crippen LogP contribution in [0.3, 0.4) is 0 Å². The van der Waals surface area contributed by atoms with Crippen molar-refractivity contribution in [2.75, 3.05) is 42.6 Å². The SMILES string of the molecule is OCC1CCN(c2ncncc2C2CN(c3ccc4ccccc4n3)C2)CC1. The van der Waals surface area contributed by atoms with Gasteiger partial charge in [0, 0.05) is 55.9 Å². The number of rotatable bonds is 4. The summed E-state index contributed by atoms with van der Waals surface area (Å²) in [6.07, 6.45) is 5.68. The molecule has 0 unspecified atom stereocenters. The second-order valence-electron chi connectivity index (χ2n) is 7.88. The summed E-state index contributed by atoms with van der Waals surface area (Å²) in [5.74, 6) is 2.97. The van der Waals surface area contributed by atoms with Crippen LogP contribution >= 0.6 is 0 Å². The molecule has 0 atom stereocenters. The zero-order chi connectivity index (χ0) is 18.9. The quantitative estimate of drug-likeness (QED) is 0.756. The fraction of sp³-hybridized carbons (Fsp3) is 0.409. The smallest absolute Gasteiger partial charge is 0.135 e. The summed E-state index contributed by atoms with van der Waals surface area (Å²) in [5, 5.41) is 10.6. The first kappa shape index (κ1) is 17.4. The molecule has 0 aliphatic carbocycles. The number of pyridine rings is 1. The first-order chi connectivity index (χ1) is 13.8. The van der Waals surface area contributed by atoms with E-state index >= 15 is 0 Å². The normalized spacial score (nSPS) is 18.5. The zero-order valence-corrected chi connectivity index (χ0v) is 15.9. The molecule has 2 aliphatic rings. The minimum absolute atomic E-state index is 0.292. The van der Waals surface area contributed by atoms with Crippen LogP contribution in [-0.4, -0.2) is 52.8 Å². The minimum Gasteiger partial charge on any atom is -0.396 e. The zero-order valence-electron chi connectivity index (χ0n) is 15.9. The Hall–Kier alpha value is -2.73. The van der Waals surface area contributed by atoms with Crippen LogP contribution in [0.25, 0.3) is 10.9 Å². The third kappa shape index (κ3) is 3.18. The van der Waals surface area contributed by atoms with Crippen LogP contribution in [0.2, 0.25) is 0 Å². The molecule has 0 spiro atoms. The maximum atomic E-state index is 9.39. The summed E-state index contributed by atoms with van der Waals surface area (Å²) in [6.45, 7) is 4.09. The van der Waals surface area contributed by atoms with Crippen molar-refractivity contribution >= 4 is 22.5 Å². The molecule has 0 amide bonds. The van der Waals surface area contributed by atoms with Gasteiger partial charge in [-0.3, -0.25) is 0 Å². The average Bonchev–Trinajstić information content (AvgIpc) is 2.73. The second-order valence-corrected chi connectivity index (χ2v) is 7.88. The molecule has 2 aromatic heterocycles. The lowest BCUT2D eigenvalue weighted by Gasteiger charge is -2.42. The monoisotopic (exact) mass is 375 g/mol. The van der Waals surface area contributed by atoms with Gasteiger partial charge in [-0.2, -0.15) is 0 Å². The molecule has 6 heteroatoms. The Labute approximate surface area is 164 Å². The van der Waals surface area contributed by atoms with E-state index in [4.69, 9.17) is 4.98 Å². The van der Waals surface area contributed by atoms with Crippen molar-refractivity contribution in [3.05, 3.63) is 54.5 Å².